The van der Waals surface area contributed by atoms with Gasteiger partial charge in [0.25, 0.3) is 15.9 Å². The van der Waals surface area contributed by atoms with E-state index >= 15 is 0 Å². The zero-order chi connectivity index (χ0) is 21.3. The second-order valence-electron chi connectivity index (χ2n) is 6.78. The average Bonchev–Trinajstić information content (AvgIpc) is 3.20. The molecule has 6 nitrogen and oxygen atoms in total. The maximum Gasteiger partial charge on any atom is 0.264 e. The zero-order valence-corrected chi connectivity index (χ0v) is 17.7. The van der Waals surface area contributed by atoms with Crippen molar-refractivity contribution in [1.82, 2.24) is 0 Å². The molecule has 0 saturated carbocycles. The summed E-state index contributed by atoms with van der Waals surface area (Å²) in [7, 11) is -2.40. The number of hydrogen-bond donors (Lipinski definition) is 1. The Kier molecular flexibility index (Phi) is 5.40. The van der Waals surface area contributed by atoms with Crippen molar-refractivity contribution in [2.45, 2.75) is 11.3 Å². The van der Waals surface area contributed by atoms with Crippen LogP contribution >= 0.6 is 11.6 Å². The van der Waals surface area contributed by atoms with Crippen molar-refractivity contribution in [3.8, 4) is 5.75 Å². The van der Waals surface area contributed by atoms with Gasteiger partial charge in [0.2, 0.25) is 0 Å². The van der Waals surface area contributed by atoms with Crippen LogP contribution in [0.4, 0.5) is 11.4 Å². The van der Waals surface area contributed by atoms with Crippen molar-refractivity contribution in [2.24, 2.45) is 0 Å². The quantitative estimate of drug-likeness (QED) is 0.637. The van der Waals surface area contributed by atoms with E-state index in [1.807, 2.05) is 18.2 Å². The number of halogens is 1. The molecule has 0 bridgehead atoms. The van der Waals surface area contributed by atoms with Gasteiger partial charge in [-0.1, -0.05) is 29.8 Å². The van der Waals surface area contributed by atoms with Crippen LogP contribution in [0.5, 0.6) is 5.75 Å². The molecule has 0 saturated heterocycles. The average molecular weight is 443 g/mol. The molecule has 1 N–H and O–H groups in total. The molecule has 4 rings (SSSR count). The van der Waals surface area contributed by atoms with Crippen molar-refractivity contribution in [2.75, 3.05) is 23.3 Å². The van der Waals surface area contributed by atoms with Crippen molar-refractivity contribution in [3.05, 3.63) is 82.9 Å². The number of carbonyl (C=O) groups is 1. The standard InChI is InChI=1S/C22H19ClN2O4S/c1-29-21-11-10-18(14-19(21)22(26)24-17-8-6-16(23)7-9-17)30(27,28)25-13-12-15-4-2-3-5-20(15)25/h2-11,14H,12-13H2,1H3,(H,24,26). The van der Waals surface area contributed by atoms with E-state index in [4.69, 9.17) is 16.3 Å². The van der Waals surface area contributed by atoms with Crippen LogP contribution in [0.1, 0.15) is 15.9 Å². The monoisotopic (exact) mass is 442 g/mol. The summed E-state index contributed by atoms with van der Waals surface area (Å²) in [6, 6.07) is 18.3. The van der Waals surface area contributed by atoms with Gasteiger partial charge in [-0.05, 0) is 60.5 Å². The number of hydrogen-bond acceptors (Lipinski definition) is 4. The molecule has 3 aromatic rings. The van der Waals surface area contributed by atoms with E-state index in [-0.39, 0.29) is 16.2 Å². The fourth-order valence-electron chi connectivity index (χ4n) is 3.44. The fraction of sp³-hybridized carbons (Fsp3) is 0.136. The molecule has 0 atom stereocenters. The Bertz CT molecular complexity index is 1210. The molecule has 154 valence electrons. The number of nitrogens with one attached hydrogen (secondary N) is 1. The van der Waals surface area contributed by atoms with Gasteiger partial charge in [0, 0.05) is 17.3 Å². The van der Waals surface area contributed by atoms with Crippen molar-refractivity contribution in [3.63, 3.8) is 0 Å². The number of rotatable bonds is 5. The molecule has 3 aromatic carbocycles. The number of carbonyl (C=O) groups excluding carboxylic acids is 1. The number of para-hydroxylation sites is 1. The number of amides is 1. The van der Waals surface area contributed by atoms with E-state index < -0.39 is 15.9 Å². The van der Waals surface area contributed by atoms with Crippen LogP contribution in [0, 0.1) is 0 Å². The van der Waals surface area contributed by atoms with E-state index in [0.717, 1.165) is 5.56 Å². The minimum Gasteiger partial charge on any atom is -0.496 e. The third-order valence-electron chi connectivity index (χ3n) is 4.95. The van der Waals surface area contributed by atoms with E-state index in [1.165, 1.54) is 29.6 Å². The van der Waals surface area contributed by atoms with Crippen LogP contribution in [0.2, 0.25) is 5.02 Å². The van der Waals surface area contributed by atoms with Gasteiger partial charge in [0.05, 0.1) is 23.3 Å². The second kappa shape index (κ2) is 8.01. The topological polar surface area (TPSA) is 75.7 Å². The Morgan fingerprint density at radius 2 is 1.80 bits per heavy atom. The first-order chi connectivity index (χ1) is 14.4. The Labute approximate surface area is 180 Å². The molecule has 30 heavy (non-hydrogen) atoms. The maximum atomic E-state index is 13.3. The van der Waals surface area contributed by atoms with Gasteiger partial charge in [0.1, 0.15) is 5.75 Å². The van der Waals surface area contributed by atoms with Gasteiger partial charge in [-0.25, -0.2) is 8.42 Å². The molecule has 0 spiro atoms. The van der Waals surface area contributed by atoms with Crippen LogP contribution in [0.3, 0.4) is 0 Å². The first-order valence-electron chi connectivity index (χ1n) is 9.26. The smallest absolute Gasteiger partial charge is 0.264 e. The summed E-state index contributed by atoms with van der Waals surface area (Å²) < 4.78 is 33.3. The number of nitrogens with zero attached hydrogens (tertiary/aromatic N) is 1. The summed E-state index contributed by atoms with van der Waals surface area (Å²) in [5.41, 5.74) is 2.31. The highest BCUT2D eigenvalue weighted by molar-refractivity contribution is 7.92. The first kappa shape index (κ1) is 20.3. The molecular formula is C22H19ClN2O4S. The number of benzene rings is 3. The molecule has 8 heteroatoms. The molecule has 1 aliphatic heterocycles. The van der Waals surface area contributed by atoms with E-state index in [0.29, 0.717) is 29.4 Å². The van der Waals surface area contributed by atoms with Crippen molar-refractivity contribution >= 4 is 38.9 Å². The van der Waals surface area contributed by atoms with Gasteiger partial charge in [-0.2, -0.15) is 0 Å². The van der Waals surface area contributed by atoms with E-state index in [2.05, 4.69) is 5.32 Å². The van der Waals surface area contributed by atoms with Gasteiger partial charge >= 0.3 is 0 Å². The summed E-state index contributed by atoms with van der Waals surface area (Å²) in [5.74, 6) is -0.199. The number of methoxy groups -OCH3 is 1. The Morgan fingerprint density at radius 1 is 1.07 bits per heavy atom. The van der Waals surface area contributed by atoms with Crippen molar-refractivity contribution in [1.29, 1.82) is 0 Å². The number of fused-ring (bicyclic) bond motifs is 1. The zero-order valence-electron chi connectivity index (χ0n) is 16.1. The first-order valence-corrected chi connectivity index (χ1v) is 11.1. The highest BCUT2D eigenvalue weighted by Gasteiger charge is 2.31. The highest BCUT2D eigenvalue weighted by Crippen LogP contribution is 2.34. The van der Waals surface area contributed by atoms with Crippen LogP contribution in [0.25, 0.3) is 0 Å². The summed E-state index contributed by atoms with van der Waals surface area (Å²) in [4.78, 5) is 12.9. The lowest BCUT2D eigenvalue weighted by atomic mass is 10.2. The minimum atomic E-state index is -3.83. The SMILES string of the molecule is COc1ccc(S(=O)(=O)N2CCc3ccccc32)cc1C(=O)Nc1ccc(Cl)cc1. The number of anilines is 2. The Hall–Kier alpha value is -3.03. The molecule has 1 aliphatic rings. The van der Waals surface area contributed by atoms with Crippen LogP contribution < -0.4 is 14.4 Å². The van der Waals surface area contributed by atoms with Crippen LogP contribution in [0.15, 0.2) is 71.6 Å². The van der Waals surface area contributed by atoms with Gasteiger partial charge in [-0.15, -0.1) is 0 Å². The Morgan fingerprint density at radius 3 is 2.53 bits per heavy atom. The number of sulfonamides is 1. The molecule has 1 amide bonds. The van der Waals surface area contributed by atoms with E-state index in [1.54, 1.807) is 30.3 Å². The summed E-state index contributed by atoms with van der Waals surface area (Å²) >= 11 is 5.88. The summed E-state index contributed by atoms with van der Waals surface area (Å²) in [5, 5.41) is 3.28. The molecular weight excluding hydrogens is 424 g/mol. The fourth-order valence-corrected chi connectivity index (χ4v) is 5.10. The highest BCUT2D eigenvalue weighted by atomic mass is 35.5. The molecule has 1 heterocycles. The third-order valence-corrected chi connectivity index (χ3v) is 7.01. The number of ether oxygens (including phenoxy) is 1. The van der Waals surface area contributed by atoms with Gasteiger partial charge < -0.3 is 10.1 Å². The maximum absolute atomic E-state index is 13.3. The molecule has 0 aliphatic carbocycles. The Balaban J connectivity index is 1.69. The van der Waals surface area contributed by atoms with Gasteiger partial charge in [0.15, 0.2) is 0 Å². The van der Waals surface area contributed by atoms with Crippen molar-refractivity contribution < 1.29 is 17.9 Å². The molecule has 0 fully saturated rings. The van der Waals surface area contributed by atoms with Crippen LogP contribution in [-0.2, 0) is 16.4 Å². The largest absolute Gasteiger partial charge is 0.496 e. The minimum absolute atomic E-state index is 0.0289. The van der Waals surface area contributed by atoms with E-state index in [9.17, 15) is 13.2 Å². The summed E-state index contributed by atoms with van der Waals surface area (Å²) in [6.07, 6.45) is 0.648. The molecule has 0 unspecified atom stereocenters. The summed E-state index contributed by atoms with van der Waals surface area (Å²) in [6.45, 7) is 0.361. The predicted octanol–water partition coefficient (Wildman–Crippen LogP) is 4.35. The molecule has 0 radical (unpaired) electrons. The normalized spacial score (nSPS) is 13.1. The molecule has 0 aromatic heterocycles. The van der Waals surface area contributed by atoms with Crippen LogP contribution in [-0.4, -0.2) is 28.0 Å². The lowest BCUT2D eigenvalue weighted by Gasteiger charge is -2.20. The predicted molar refractivity (Wildman–Crippen MR) is 117 cm³/mol. The van der Waals surface area contributed by atoms with Gasteiger partial charge in [-0.3, -0.25) is 9.10 Å². The second-order valence-corrected chi connectivity index (χ2v) is 9.08. The lowest BCUT2D eigenvalue weighted by Crippen LogP contribution is -2.29. The third kappa shape index (κ3) is 3.74. The lowest BCUT2D eigenvalue weighted by molar-refractivity contribution is 0.102.